The molecule has 3 rings (SSSR count). The molecule has 2 aromatic rings. The average Bonchev–Trinajstić information content (AvgIpc) is 3.09. The van der Waals surface area contributed by atoms with E-state index in [1.807, 2.05) is 35.7 Å². The molecule has 1 saturated heterocycles. The van der Waals surface area contributed by atoms with Gasteiger partial charge in [0.05, 0.1) is 19.3 Å². The monoisotopic (exact) mass is 350 g/mol. The van der Waals surface area contributed by atoms with Crippen molar-refractivity contribution < 1.29 is 9.53 Å². The van der Waals surface area contributed by atoms with E-state index in [4.69, 9.17) is 16.3 Å². The summed E-state index contributed by atoms with van der Waals surface area (Å²) in [4.78, 5) is 12.4. The van der Waals surface area contributed by atoms with Crippen LogP contribution in [0.2, 0.25) is 5.02 Å². The molecule has 122 valence electrons. The molecule has 1 fully saturated rings. The molecule has 1 aliphatic rings. The van der Waals surface area contributed by atoms with Crippen molar-refractivity contribution in [1.29, 1.82) is 0 Å². The predicted octanol–water partition coefficient (Wildman–Crippen LogP) is 2.99. The first kappa shape index (κ1) is 16.5. The number of amides is 1. The lowest BCUT2D eigenvalue weighted by atomic mass is 10.0. The average molecular weight is 351 g/mol. The van der Waals surface area contributed by atoms with Gasteiger partial charge in [-0.2, -0.15) is 11.3 Å². The number of halogens is 1. The van der Waals surface area contributed by atoms with Crippen molar-refractivity contribution in [2.75, 3.05) is 19.8 Å². The van der Waals surface area contributed by atoms with Gasteiger partial charge in [-0.3, -0.25) is 4.79 Å². The third-order valence-corrected chi connectivity index (χ3v) is 4.77. The van der Waals surface area contributed by atoms with Crippen molar-refractivity contribution in [3.63, 3.8) is 0 Å². The van der Waals surface area contributed by atoms with E-state index in [1.165, 1.54) is 0 Å². The fraction of sp³-hybridized carbons (Fsp3) is 0.353. The van der Waals surface area contributed by atoms with Crippen LogP contribution in [0.25, 0.3) is 0 Å². The number of carbonyl (C=O) groups is 1. The fourth-order valence-corrected chi connectivity index (χ4v) is 3.46. The maximum absolute atomic E-state index is 12.4. The summed E-state index contributed by atoms with van der Waals surface area (Å²) in [7, 11) is 0. The van der Waals surface area contributed by atoms with Crippen LogP contribution in [0.15, 0.2) is 41.1 Å². The Morgan fingerprint density at radius 3 is 2.83 bits per heavy atom. The number of rotatable bonds is 5. The largest absolute Gasteiger partial charge is 0.378 e. The van der Waals surface area contributed by atoms with Crippen LogP contribution < -0.4 is 10.6 Å². The van der Waals surface area contributed by atoms with Gasteiger partial charge in [-0.1, -0.05) is 23.7 Å². The van der Waals surface area contributed by atoms with Gasteiger partial charge < -0.3 is 15.4 Å². The summed E-state index contributed by atoms with van der Waals surface area (Å²) in [6, 6.07) is 9.55. The topological polar surface area (TPSA) is 50.4 Å². The third kappa shape index (κ3) is 4.54. The number of nitrogens with one attached hydrogen (secondary N) is 2. The maximum atomic E-state index is 12.4. The van der Waals surface area contributed by atoms with E-state index in [-0.39, 0.29) is 18.0 Å². The Hall–Kier alpha value is -1.40. The van der Waals surface area contributed by atoms with Gasteiger partial charge in [0.25, 0.3) is 0 Å². The molecule has 1 aromatic carbocycles. The molecule has 2 unspecified atom stereocenters. The number of hydrogen-bond acceptors (Lipinski definition) is 4. The molecule has 6 heteroatoms. The Kier molecular flexibility index (Phi) is 5.67. The van der Waals surface area contributed by atoms with E-state index in [9.17, 15) is 4.79 Å². The lowest BCUT2D eigenvalue weighted by Crippen LogP contribution is -2.44. The highest BCUT2D eigenvalue weighted by atomic mass is 35.5. The van der Waals surface area contributed by atoms with Crippen LogP contribution in [-0.4, -0.2) is 31.7 Å². The normalized spacial score (nSPS) is 19.3. The van der Waals surface area contributed by atoms with Gasteiger partial charge in [0.1, 0.15) is 0 Å². The zero-order valence-corrected chi connectivity index (χ0v) is 14.2. The van der Waals surface area contributed by atoms with Crippen LogP contribution in [0, 0.1) is 0 Å². The van der Waals surface area contributed by atoms with Crippen LogP contribution >= 0.6 is 22.9 Å². The van der Waals surface area contributed by atoms with E-state index in [0.29, 0.717) is 24.7 Å². The molecule has 1 aromatic heterocycles. The van der Waals surface area contributed by atoms with Crippen LogP contribution in [-0.2, 0) is 9.53 Å². The van der Waals surface area contributed by atoms with Gasteiger partial charge in [0.2, 0.25) is 5.91 Å². The maximum Gasteiger partial charge on any atom is 0.222 e. The zero-order valence-electron chi connectivity index (χ0n) is 12.6. The van der Waals surface area contributed by atoms with Gasteiger partial charge >= 0.3 is 0 Å². The summed E-state index contributed by atoms with van der Waals surface area (Å²) >= 11 is 7.59. The summed E-state index contributed by atoms with van der Waals surface area (Å²) in [6.07, 6.45) is 0.411. The van der Waals surface area contributed by atoms with Crippen LogP contribution in [0.4, 0.5) is 0 Å². The first-order chi connectivity index (χ1) is 11.2. The molecular formula is C17H19ClN2O2S. The number of thiophene rings is 1. The SMILES string of the molecule is O=C(CC1COCCN1)NC(c1ccc(Cl)cc1)c1ccsc1. The van der Waals surface area contributed by atoms with Crippen LogP contribution in [0.3, 0.4) is 0 Å². The smallest absolute Gasteiger partial charge is 0.222 e. The Morgan fingerprint density at radius 2 is 2.17 bits per heavy atom. The predicted molar refractivity (Wildman–Crippen MR) is 93.0 cm³/mol. The Labute approximate surface area is 144 Å². The molecule has 23 heavy (non-hydrogen) atoms. The summed E-state index contributed by atoms with van der Waals surface area (Å²) in [5.74, 6) is 0.0131. The summed E-state index contributed by atoms with van der Waals surface area (Å²) in [6.45, 7) is 2.08. The minimum Gasteiger partial charge on any atom is -0.378 e. The van der Waals surface area contributed by atoms with Gasteiger partial charge in [-0.15, -0.1) is 0 Å². The highest BCUT2D eigenvalue weighted by Gasteiger charge is 2.21. The lowest BCUT2D eigenvalue weighted by Gasteiger charge is -2.25. The first-order valence-corrected chi connectivity index (χ1v) is 8.92. The van der Waals surface area contributed by atoms with Crippen molar-refractivity contribution in [3.05, 3.63) is 57.2 Å². The zero-order chi connectivity index (χ0) is 16.1. The molecule has 0 saturated carbocycles. The summed E-state index contributed by atoms with van der Waals surface area (Å²) in [5.41, 5.74) is 2.10. The van der Waals surface area contributed by atoms with E-state index >= 15 is 0 Å². The van der Waals surface area contributed by atoms with Gasteiger partial charge in [-0.05, 0) is 40.1 Å². The highest BCUT2D eigenvalue weighted by molar-refractivity contribution is 7.08. The summed E-state index contributed by atoms with van der Waals surface area (Å²) < 4.78 is 5.40. The second-order valence-electron chi connectivity index (χ2n) is 5.54. The van der Waals surface area contributed by atoms with E-state index in [2.05, 4.69) is 16.0 Å². The number of ether oxygens (including phenoxy) is 1. The summed E-state index contributed by atoms with van der Waals surface area (Å²) in [5, 5.41) is 11.2. The van der Waals surface area contributed by atoms with Crippen molar-refractivity contribution in [2.45, 2.75) is 18.5 Å². The second kappa shape index (κ2) is 7.93. The Balaban J connectivity index is 1.71. The molecule has 0 radical (unpaired) electrons. The lowest BCUT2D eigenvalue weighted by molar-refractivity contribution is -0.122. The Morgan fingerprint density at radius 1 is 1.35 bits per heavy atom. The molecule has 2 atom stereocenters. The number of carbonyl (C=O) groups excluding carboxylic acids is 1. The fourth-order valence-electron chi connectivity index (χ4n) is 2.65. The molecule has 4 nitrogen and oxygen atoms in total. The second-order valence-corrected chi connectivity index (χ2v) is 6.76. The van der Waals surface area contributed by atoms with Gasteiger partial charge in [-0.25, -0.2) is 0 Å². The Bertz CT molecular complexity index is 625. The minimum absolute atomic E-state index is 0.0131. The van der Waals surface area contributed by atoms with Crippen molar-refractivity contribution in [3.8, 4) is 0 Å². The third-order valence-electron chi connectivity index (χ3n) is 3.82. The molecule has 2 N–H and O–H groups in total. The van der Waals surface area contributed by atoms with E-state index < -0.39 is 0 Å². The van der Waals surface area contributed by atoms with E-state index in [1.54, 1.807) is 11.3 Å². The molecule has 0 aliphatic carbocycles. The van der Waals surface area contributed by atoms with Gasteiger partial charge in [0, 0.05) is 24.0 Å². The van der Waals surface area contributed by atoms with Gasteiger partial charge in [0.15, 0.2) is 0 Å². The minimum atomic E-state index is -0.157. The first-order valence-electron chi connectivity index (χ1n) is 7.60. The molecule has 0 spiro atoms. The van der Waals surface area contributed by atoms with Crippen molar-refractivity contribution in [2.24, 2.45) is 0 Å². The van der Waals surface area contributed by atoms with Crippen molar-refractivity contribution in [1.82, 2.24) is 10.6 Å². The number of benzene rings is 1. The highest BCUT2D eigenvalue weighted by Crippen LogP contribution is 2.25. The van der Waals surface area contributed by atoms with Crippen LogP contribution in [0.1, 0.15) is 23.6 Å². The molecular weight excluding hydrogens is 332 g/mol. The van der Waals surface area contributed by atoms with Crippen LogP contribution in [0.5, 0.6) is 0 Å². The van der Waals surface area contributed by atoms with E-state index in [0.717, 1.165) is 17.7 Å². The quantitative estimate of drug-likeness (QED) is 0.871. The molecule has 2 heterocycles. The number of morpholine rings is 1. The molecule has 1 aliphatic heterocycles. The molecule has 0 bridgehead atoms. The van der Waals surface area contributed by atoms with Crippen molar-refractivity contribution >= 4 is 28.8 Å². The number of hydrogen-bond donors (Lipinski definition) is 2. The standard InChI is InChI=1S/C17H19ClN2O2S/c18-14-3-1-12(2-4-14)17(13-5-8-23-11-13)20-16(21)9-15-10-22-7-6-19-15/h1-5,8,11,15,17,19H,6-7,9-10H2,(H,20,21). The molecule has 1 amide bonds.